The van der Waals surface area contributed by atoms with E-state index in [-0.39, 0.29) is 5.95 Å². The van der Waals surface area contributed by atoms with Gasteiger partial charge in [0, 0.05) is 18.0 Å². The molecule has 3 rings (SSSR count). The summed E-state index contributed by atoms with van der Waals surface area (Å²) in [4.78, 5) is 8.13. The molecule has 1 aromatic carbocycles. The van der Waals surface area contributed by atoms with Crippen LogP contribution in [0.5, 0.6) is 0 Å². The SMILES string of the molecule is Cc1cnc(N)nc1Nc1cnn(Cc2ccccc2)c1. The van der Waals surface area contributed by atoms with E-state index in [1.807, 2.05) is 36.0 Å². The third-order valence-corrected chi connectivity index (χ3v) is 3.07. The van der Waals surface area contributed by atoms with Gasteiger partial charge >= 0.3 is 0 Å². The van der Waals surface area contributed by atoms with Crippen LogP contribution in [0, 0.1) is 6.92 Å². The standard InChI is InChI=1S/C15H16N6/c1-11-7-17-15(16)20-14(11)19-13-8-18-21(10-13)9-12-5-3-2-4-6-12/h2-8,10H,9H2,1H3,(H3,16,17,19,20). The summed E-state index contributed by atoms with van der Waals surface area (Å²) in [6.07, 6.45) is 5.39. The van der Waals surface area contributed by atoms with Crippen LogP contribution in [0.4, 0.5) is 17.5 Å². The molecule has 0 spiro atoms. The Hall–Kier alpha value is -2.89. The largest absolute Gasteiger partial charge is 0.368 e. The lowest BCUT2D eigenvalue weighted by Crippen LogP contribution is -2.02. The van der Waals surface area contributed by atoms with Gasteiger partial charge in [-0.05, 0) is 12.5 Å². The van der Waals surface area contributed by atoms with Gasteiger partial charge < -0.3 is 11.1 Å². The van der Waals surface area contributed by atoms with E-state index in [0.29, 0.717) is 5.82 Å². The molecule has 106 valence electrons. The van der Waals surface area contributed by atoms with E-state index in [1.54, 1.807) is 12.4 Å². The lowest BCUT2D eigenvalue weighted by molar-refractivity contribution is 0.687. The molecule has 0 atom stereocenters. The van der Waals surface area contributed by atoms with E-state index < -0.39 is 0 Å². The normalized spacial score (nSPS) is 10.5. The first kappa shape index (κ1) is 13.1. The van der Waals surface area contributed by atoms with Crippen molar-refractivity contribution in [2.24, 2.45) is 0 Å². The van der Waals surface area contributed by atoms with Crippen molar-refractivity contribution >= 4 is 17.5 Å². The predicted octanol–water partition coefficient (Wildman–Crippen LogP) is 2.36. The molecule has 3 N–H and O–H groups in total. The molecule has 0 aliphatic carbocycles. The maximum absolute atomic E-state index is 5.61. The van der Waals surface area contributed by atoms with Crippen molar-refractivity contribution in [2.75, 3.05) is 11.1 Å². The van der Waals surface area contributed by atoms with Gasteiger partial charge in [0.1, 0.15) is 5.82 Å². The maximum atomic E-state index is 5.61. The minimum absolute atomic E-state index is 0.250. The van der Waals surface area contributed by atoms with Gasteiger partial charge in [-0.1, -0.05) is 30.3 Å². The van der Waals surface area contributed by atoms with E-state index >= 15 is 0 Å². The van der Waals surface area contributed by atoms with E-state index in [4.69, 9.17) is 5.73 Å². The van der Waals surface area contributed by atoms with Gasteiger partial charge in [-0.3, -0.25) is 4.68 Å². The summed E-state index contributed by atoms with van der Waals surface area (Å²) in [6, 6.07) is 10.2. The zero-order chi connectivity index (χ0) is 14.7. The quantitative estimate of drug-likeness (QED) is 0.766. The number of hydrogen-bond donors (Lipinski definition) is 2. The van der Waals surface area contributed by atoms with Crippen molar-refractivity contribution in [3.8, 4) is 0 Å². The van der Waals surface area contributed by atoms with Crippen LogP contribution in [0.1, 0.15) is 11.1 Å². The van der Waals surface area contributed by atoms with Crippen molar-refractivity contribution in [3.05, 3.63) is 60.0 Å². The fourth-order valence-corrected chi connectivity index (χ4v) is 2.00. The molecule has 0 amide bonds. The molecule has 6 heteroatoms. The van der Waals surface area contributed by atoms with Gasteiger partial charge in [-0.15, -0.1) is 0 Å². The van der Waals surface area contributed by atoms with E-state index in [9.17, 15) is 0 Å². The van der Waals surface area contributed by atoms with Crippen LogP contribution in [0.15, 0.2) is 48.9 Å². The van der Waals surface area contributed by atoms with Gasteiger partial charge in [0.2, 0.25) is 5.95 Å². The number of hydrogen-bond acceptors (Lipinski definition) is 5. The highest BCUT2D eigenvalue weighted by Crippen LogP contribution is 2.18. The third kappa shape index (κ3) is 3.17. The number of nitrogens with one attached hydrogen (secondary N) is 1. The summed E-state index contributed by atoms with van der Waals surface area (Å²) >= 11 is 0. The molecule has 0 radical (unpaired) electrons. The maximum Gasteiger partial charge on any atom is 0.221 e. The van der Waals surface area contributed by atoms with Gasteiger partial charge in [0.25, 0.3) is 0 Å². The number of anilines is 3. The second-order valence-electron chi connectivity index (χ2n) is 4.80. The molecular weight excluding hydrogens is 264 g/mol. The average molecular weight is 280 g/mol. The molecule has 0 saturated heterocycles. The summed E-state index contributed by atoms with van der Waals surface area (Å²) in [5.41, 5.74) is 8.61. The molecule has 0 unspecified atom stereocenters. The first-order valence-electron chi connectivity index (χ1n) is 6.63. The second-order valence-corrected chi connectivity index (χ2v) is 4.80. The van der Waals surface area contributed by atoms with Crippen LogP contribution in [0.3, 0.4) is 0 Å². The Labute approximate surface area is 122 Å². The highest BCUT2D eigenvalue weighted by Gasteiger charge is 2.05. The number of nitrogens with zero attached hydrogens (tertiary/aromatic N) is 4. The van der Waals surface area contributed by atoms with Gasteiger partial charge in [0.05, 0.1) is 18.4 Å². The average Bonchev–Trinajstić information content (AvgIpc) is 2.91. The van der Waals surface area contributed by atoms with Gasteiger partial charge in [0.15, 0.2) is 0 Å². The van der Waals surface area contributed by atoms with Crippen LogP contribution >= 0.6 is 0 Å². The Morgan fingerprint density at radius 3 is 2.81 bits per heavy atom. The number of aryl methyl sites for hydroxylation is 1. The summed E-state index contributed by atoms with van der Waals surface area (Å²) < 4.78 is 1.87. The Kier molecular flexibility index (Phi) is 3.51. The number of benzene rings is 1. The third-order valence-electron chi connectivity index (χ3n) is 3.07. The molecule has 2 heterocycles. The van der Waals surface area contributed by atoms with Crippen molar-refractivity contribution < 1.29 is 0 Å². The highest BCUT2D eigenvalue weighted by molar-refractivity contribution is 5.58. The van der Waals surface area contributed by atoms with Crippen LogP contribution < -0.4 is 11.1 Å². The van der Waals surface area contributed by atoms with Crippen LogP contribution in [0.25, 0.3) is 0 Å². The number of nitrogen functional groups attached to an aromatic ring is 1. The molecule has 0 aliphatic rings. The molecule has 21 heavy (non-hydrogen) atoms. The van der Waals surface area contributed by atoms with Gasteiger partial charge in [-0.25, -0.2) is 4.98 Å². The first-order valence-corrected chi connectivity index (χ1v) is 6.63. The minimum atomic E-state index is 0.250. The highest BCUT2D eigenvalue weighted by atomic mass is 15.3. The minimum Gasteiger partial charge on any atom is -0.368 e. The van der Waals surface area contributed by atoms with Crippen LogP contribution in [-0.4, -0.2) is 19.7 Å². The molecule has 2 aromatic heterocycles. The van der Waals surface area contributed by atoms with Gasteiger partial charge in [-0.2, -0.15) is 10.1 Å². The number of rotatable bonds is 4. The van der Waals surface area contributed by atoms with E-state index in [2.05, 4.69) is 32.5 Å². The smallest absolute Gasteiger partial charge is 0.221 e. The zero-order valence-corrected chi connectivity index (χ0v) is 11.7. The van der Waals surface area contributed by atoms with Crippen molar-refractivity contribution in [1.82, 2.24) is 19.7 Å². The number of aromatic nitrogens is 4. The fourth-order valence-electron chi connectivity index (χ4n) is 2.00. The Balaban J connectivity index is 1.75. The van der Waals surface area contributed by atoms with E-state index in [0.717, 1.165) is 17.8 Å². The van der Waals surface area contributed by atoms with Crippen LogP contribution in [-0.2, 0) is 6.54 Å². The Morgan fingerprint density at radius 1 is 1.19 bits per heavy atom. The fraction of sp³-hybridized carbons (Fsp3) is 0.133. The van der Waals surface area contributed by atoms with Crippen molar-refractivity contribution in [2.45, 2.75) is 13.5 Å². The summed E-state index contributed by atoms with van der Waals surface area (Å²) in [7, 11) is 0. The van der Waals surface area contributed by atoms with Crippen molar-refractivity contribution in [3.63, 3.8) is 0 Å². The predicted molar refractivity (Wildman–Crippen MR) is 82.2 cm³/mol. The molecule has 6 nitrogen and oxygen atoms in total. The lowest BCUT2D eigenvalue weighted by Gasteiger charge is -2.06. The Bertz CT molecular complexity index is 735. The molecule has 0 aliphatic heterocycles. The zero-order valence-electron chi connectivity index (χ0n) is 11.7. The monoisotopic (exact) mass is 280 g/mol. The summed E-state index contributed by atoms with van der Waals surface area (Å²) in [5.74, 6) is 0.946. The molecule has 3 aromatic rings. The molecule has 0 bridgehead atoms. The summed E-state index contributed by atoms with van der Waals surface area (Å²) in [5, 5.41) is 7.54. The number of nitrogens with two attached hydrogens (primary N) is 1. The Morgan fingerprint density at radius 2 is 2.00 bits per heavy atom. The second kappa shape index (κ2) is 5.62. The first-order chi connectivity index (χ1) is 10.2. The van der Waals surface area contributed by atoms with Crippen molar-refractivity contribution in [1.29, 1.82) is 0 Å². The molecule has 0 fully saturated rings. The van der Waals surface area contributed by atoms with Crippen LogP contribution in [0.2, 0.25) is 0 Å². The molecule has 0 saturated carbocycles. The molecular formula is C15H16N6. The lowest BCUT2D eigenvalue weighted by atomic mass is 10.2. The van der Waals surface area contributed by atoms with E-state index in [1.165, 1.54) is 5.56 Å². The summed E-state index contributed by atoms with van der Waals surface area (Å²) in [6.45, 7) is 2.66. The topological polar surface area (TPSA) is 81.7 Å².